The monoisotopic (exact) mass is 255 g/mol. The van der Waals surface area contributed by atoms with E-state index in [9.17, 15) is 4.79 Å². The van der Waals surface area contributed by atoms with Crippen LogP contribution in [0, 0.1) is 0 Å². The van der Waals surface area contributed by atoms with E-state index in [1.54, 1.807) is 6.07 Å². The highest BCUT2D eigenvalue weighted by molar-refractivity contribution is 8.00. The zero-order chi connectivity index (χ0) is 12.8. The van der Waals surface area contributed by atoms with Crippen molar-refractivity contribution >= 4 is 23.4 Å². The number of nitrogens with two attached hydrogens (primary N) is 1. The van der Waals surface area contributed by atoms with Gasteiger partial charge in [-0.3, -0.25) is 4.79 Å². The summed E-state index contributed by atoms with van der Waals surface area (Å²) in [7, 11) is 1.37. The van der Waals surface area contributed by atoms with Crippen molar-refractivity contribution in [3.8, 4) is 5.75 Å². The van der Waals surface area contributed by atoms with Gasteiger partial charge in [-0.2, -0.15) is 0 Å². The van der Waals surface area contributed by atoms with Crippen LogP contribution in [0.3, 0.4) is 0 Å². The molecule has 0 fully saturated rings. The fourth-order valence-corrected chi connectivity index (χ4v) is 1.92. The first-order chi connectivity index (χ1) is 8.02. The number of ether oxygens (including phenoxy) is 2. The minimum atomic E-state index is -0.252. The number of esters is 1. The van der Waals surface area contributed by atoms with Gasteiger partial charge in [-0.05, 0) is 32.0 Å². The molecule has 94 valence electrons. The van der Waals surface area contributed by atoms with Gasteiger partial charge in [0.15, 0.2) is 0 Å². The van der Waals surface area contributed by atoms with Crippen LogP contribution in [0.5, 0.6) is 5.75 Å². The normalized spacial score (nSPS) is 10.4. The van der Waals surface area contributed by atoms with Crippen molar-refractivity contribution in [3.63, 3.8) is 0 Å². The fraction of sp³-hybridized carbons (Fsp3) is 0.417. The van der Waals surface area contributed by atoms with Gasteiger partial charge in [0.25, 0.3) is 0 Å². The van der Waals surface area contributed by atoms with Crippen LogP contribution in [0.2, 0.25) is 0 Å². The number of benzene rings is 1. The minimum Gasteiger partial charge on any atom is -0.489 e. The molecule has 0 heterocycles. The van der Waals surface area contributed by atoms with Crippen LogP contribution < -0.4 is 10.5 Å². The quantitative estimate of drug-likeness (QED) is 0.497. The molecule has 0 radical (unpaired) electrons. The first-order valence-electron chi connectivity index (χ1n) is 5.28. The number of rotatable bonds is 5. The molecule has 1 aromatic rings. The van der Waals surface area contributed by atoms with E-state index in [2.05, 4.69) is 4.74 Å². The van der Waals surface area contributed by atoms with Gasteiger partial charge in [0.05, 0.1) is 24.7 Å². The summed E-state index contributed by atoms with van der Waals surface area (Å²) in [5.41, 5.74) is 6.39. The molecule has 17 heavy (non-hydrogen) atoms. The molecule has 0 aromatic heterocycles. The zero-order valence-electron chi connectivity index (χ0n) is 10.2. The maximum atomic E-state index is 11.0. The van der Waals surface area contributed by atoms with Crippen molar-refractivity contribution in [3.05, 3.63) is 18.2 Å². The Labute approximate surface area is 105 Å². The Kier molecular flexibility index (Phi) is 5.15. The second-order valence-electron chi connectivity index (χ2n) is 3.73. The maximum absolute atomic E-state index is 11.0. The smallest absolute Gasteiger partial charge is 0.315 e. The molecule has 0 aliphatic carbocycles. The molecule has 0 atom stereocenters. The lowest BCUT2D eigenvalue weighted by atomic mass is 10.3. The molecule has 5 heteroatoms. The molecule has 0 aliphatic rings. The number of anilines is 1. The second kappa shape index (κ2) is 6.39. The molecule has 1 aromatic carbocycles. The average molecular weight is 255 g/mol. The molecule has 0 amide bonds. The molecule has 0 saturated carbocycles. The number of carbonyl (C=O) groups excluding carboxylic acids is 1. The number of hydrogen-bond acceptors (Lipinski definition) is 5. The SMILES string of the molecule is COC(=O)CSc1ccc(N)c(OC(C)C)c1. The Morgan fingerprint density at radius 3 is 2.76 bits per heavy atom. The average Bonchev–Trinajstić information content (AvgIpc) is 2.29. The van der Waals surface area contributed by atoms with Crippen LogP contribution in [0.1, 0.15) is 13.8 Å². The van der Waals surface area contributed by atoms with Gasteiger partial charge in [0.2, 0.25) is 0 Å². The van der Waals surface area contributed by atoms with Crippen LogP contribution in [-0.4, -0.2) is 24.9 Å². The zero-order valence-corrected chi connectivity index (χ0v) is 11.0. The van der Waals surface area contributed by atoms with Crippen molar-refractivity contribution in [2.24, 2.45) is 0 Å². The number of hydrogen-bond donors (Lipinski definition) is 1. The van der Waals surface area contributed by atoms with E-state index in [-0.39, 0.29) is 17.8 Å². The van der Waals surface area contributed by atoms with Crippen molar-refractivity contribution in [1.82, 2.24) is 0 Å². The fourth-order valence-electron chi connectivity index (χ4n) is 1.16. The summed E-state index contributed by atoms with van der Waals surface area (Å²) in [6.07, 6.45) is 0.0677. The highest BCUT2D eigenvalue weighted by Gasteiger charge is 2.07. The summed E-state index contributed by atoms with van der Waals surface area (Å²) in [5, 5.41) is 0. The van der Waals surface area contributed by atoms with E-state index in [1.165, 1.54) is 18.9 Å². The minimum absolute atomic E-state index is 0.0677. The second-order valence-corrected chi connectivity index (χ2v) is 4.78. The molecule has 2 N–H and O–H groups in total. The van der Waals surface area contributed by atoms with Crippen LogP contribution >= 0.6 is 11.8 Å². The Morgan fingerprint density at radius 2 is 2.18 bits per heavy atom. The van der Waals surface area contributed by atoms with Gasteiger partial charge < -0.3 is 15.2 Å². The molecule has 0 aliphatic heterocycles. The maximum Gasteiger partial charge on any atom is 0.315 e. The molecule has 0 unspecified atom stereocenters. The van der Waals surface area contributed by atoms with Crippen molar-refractivity contribution in [2.75, 3.05) is 18.6 Å². The Morgan fingerprint density at radius 1 is 1.47 bits per heavy atom. The van der Waals surface area contributed by atoms with Gasteiger partial charge in [-0.1, -0.05) is 0 Å². The third-order valence-corrected chi connectivity index (χ3v) is 2.90. The lowest BCUT2D eigenvalue weighted by Gasteiger charge is -2.13. The van der Waals surface area contributed by atoms with E-state index in [0.717, 1.165) is 4.90 Å². The number of methoxy groups -OCH3 is 1. The summed E-state index contributed by atoms with van der Waals surface area (Å²) >= 11 is 1.39. The van der Waals surface area contributed by atoms with E-state index in [0.29, 0.717) is 11.4 Å². The van der Waals surface area contributed by atoms with E-state index >= 15 is 0 Å². The number of nitrogen functional groups attached to an aromatic ring is 1. The van der Waals surface area contributed by atoms with Gasteiger partial charge >= 0.3 is 5.97 Å². The van der Waals surface area contributed by atoms with Crippen molar-refractivity contribution in [2.45, 2.75) is 24.8 Å². The first-order valence-corrected chi connectivity index (χ1v) is 6.27. The lowest BCUT2D eigenvalue weighted by Crippen LogP contribution is -2.07. The van der Waals surface area contributed by atoms with Gasteiger partial charge in [0.1, 0.15) is 5.75 Å². The predicted molar refractivity (Wildman–Crippen MR) is 69.4 cm³/mol. The molecule has 0 bridgehead atoms. The van der Waals surface area contributed by atoms with Gasteiger partial charge in [0, 0.05) is 4.90 Å². The molecule has 1 rings (SSSR count). The topological polar surface area (TPSA) is 61.5 Å². The van der Waals surface area contributed by atoms with E-state index in [4.69, 9.17) is 10.5 Å². The summed E-state index contributed by atoms with van der Waals surface area (Å²) in [5.74, 6) is 0.676. The first kappa shape index (κ1) is 13.7. The lowest BCUT2D eigenvalue weighted by molar-refractivity contribution is -0.137. The summed E-state index contributed by atoms with van der Waals surface area (Å²) in [6.45, 7) is 3.88. The summed E-state index contributed by atoms with van der Waals surface area (Å²) < 4.78 is 10.1. The standard InChI is InChI=1S/C12H17NO3S/c1-8(2)16-11-6-9(4-5-10(11)13)17-7-12(14)15-3/h4-6,8H,7,13H2,1-3H3. The Hall–Kier alpha value is -1.36. The summed E-state index contributed by atoms with van der Waals surface area (Å²) in [4.78, 5) is 11.9. The molecule has 0 spiro atoms. The molecular weight excluding hydrogens is 238 g/mol. The third-order valence-electron chi connectivity index (χ3n) is 1.93. The van der Waals surface area contributed by atoms with Crippen LogP contribution in [0.25, 0.3) is 0 Å². The Bertz CT molecular complexity index is 393. The van der Waals surface area contributed by atoms with E-state index in [1.807, 2.05) is 26.0 Å². The van der Waals surface area contributed by atoms with Crippen LogP contribution in [-0.2, 0) is 9.53 Å². The summed E-state index contributed by atoms with van der Waals surface area (Å²) in [6, 6.07) is 5.47. The molecule has 0 saturated heterocycles. The van der Waals surface area contributed by atoms with Crippen molar-refractivity contribution < 1.29 is 14.3 Å². The predicted octanol–water partition coefficient (Wildman–Crippen LogP) is 2.32. The van der Waals surface area contributed by atoms with Gasteiger partial charge in [-0.25, -0.2) is 0 Å². The van der Waals surface area contributed by atoms with Crippen molar-refractivity contribution in [1.29, 1.82) is 0 Å². The van der Waals surface area contributed by atoms with Crippen LogP contribution in [0.4, 0.5) is 5.69 Å². The third kappa shape index (κ3) is 4.56. The number of thioether (sulfide) groups is 1. The molecular formula is C12H17NO3S. The van der Waals surface area contributed by atoms with Crippen LogP contribution in [0.15, 0.2) is 23.1 Å². The highest BCUT2D eigenvalue weighted by Crippen LogP contribution is 2.29. The van der Waals surface area contributed by atoms with Gasteiger partial charge in [-0.15, -0.1) is 11.8 Å². The highest BCUT2D eigenvalue weighted by atomic mass is 32.2. The largest absolute Gasteiger partial charge is 0.489 e. The number of carbonyl (C=O) groups is 1. The Balaban J connectivity index is 2.71. The van der Waals surface area contributed by atoms with E-state index < -0.39 is 0 Å². The molecule has 4 nitrogen and oxygen atoms in total.